The third-order valence-electron chi connectivity index (χ3n) is 7.84. The molecule has 0 spiro atoms. The van der Waals surface area contributed by atoms with Crippen LogP contribution in [0.25, 0.3) is 11.4 Å². The van der Waals surface area contributed by atoms with Gasteiger partial charge in [0.15, 0.2) is 17.5 Å². The van der Waals surface area contributed by atoms with Gasteiger partial charge in [0.2, 0.25) is 5.91 Å². The second-order valence-corrected chi connectivity index (χ2v) is 11.8. The second kappa shape index (κ2) is 12.1. The van der Waals surface area contributed by atoms with Gasteiger partial charge in [-0.1, -0.05) is 19.1 Å². The van der Waals surface area contributed by atoms with E-state index in [4.69, 9.17) is 0 Å². The van der Waals surface area contributed by atoms with E-state index in [9.17, 15) is 18.8 Å². The largest absolute Gasteiger partial charge is 0.353 e. The van der Waals surface area contributed by atoms with Gasteiger partial charge in [-0.25, -0.2) is 14.4 Å². The molecule has 0 saturated carbocycles. The van der Waals surface area contributed by atoms with E-state index in [1.165, 1.54) is 44.7 Å². The Morgan fingerprint density at radius 2 is 1.84 bits per heavy atom. The number of anilines is 3. The molecule has 1 unspecified atom stereocenters. The summed E-state index contributed by atoms with van der Waals surface area (Å²) >= 11 is 1.44. The smallest absolute Gasteiger partial charge is 0.293 e. The maximum atomic E-state index is 14.7. The summed E-state index contributed by atoms with van der Waals surface area (Å²) in [6, 6.07) is 11.5. The van der Waals surface area contributed by atoms with Crippen LogP contribution in [0.4, 0.5) is 21.7 Å². The van der Waals surface area contributed by atoms with Crippen LogP contribution >= 0.6 is 11.3 Å². The second-order valence-electron chi connectivity index (χ2n) is 10.7. The summed E-state index contributed by atoms with van der Waals surface area (Å²) in [5.41, 5.74) is 2.90. The lowest BCUT2D eigenvalue weighted by Crippen LogP contribution is -2.49. The number of rotatable bonds is 7. The van der Waals surface area contributed by atoms with E-state index in [0.29, 0.717) is 28.5 Å². The Hall–Kier alpha value is -4.42. The maximum Gasteiger partial charge on any atom is 0.293 e. The number of hydrogen-bond donors (Lipinski definition) is 3. The van der Waals surface area contributed by atoms with Crippen LogP contribution < -0.4 is 21.5 Å². The van der Waals surface area contributed by atoms with Crippen molar-refractivity contribution in [3.63, 3.8) is 0 Å². The highest BCUT2D eigenvalue weighted by Crippen LogP contribution is 2.31. The summed E-state index contributed by atoms with van der Waals surface area (Å²) in [5, 5.41) is 8.59. The molecule has 1 aromatic carbocycles. The normalized spacial score (nSPS) is 16.8. The van der Waals surface area contributed by atoms with Gasteiger partial charge in [-0.05, 0) is 73.7 Å². The molecule has 2 amide bonds. The highest BCUT2D eigenvalue weighted by Gasteiger charge is 2.30. The molecule has 2 aliphatic rings. The van der Waals surface area contributed by atoms with E-state index in [0.717, 1.165) is 44.3 Å². The summed E-state index contributed by atoms with van der Waals surface area (Å²) in [6.07, 6.45) is 5.64. The first kappa shape index (κ1) is 28.7. The first-order valence-electron chi connectivity index (χ1n) is 14.4. The van der Waals surface area contributed by atoms with E-state index in [1.807, 2.05) is 25.1 Å². The molecule has 1 aliphatic heterocycles. The average Bonchev–Trinajstić information content (AvgIpc) is 3.45. The van der Waals surface area contributed by atoms with Crippen molar-refractivity contribution in [3.8, 4) is 11.4 Å². The van der Waals surface area contributed by atoms with Gasteiger partial charge in [0, 0.05) is 36.9 Å². The fourth-order valence-electron chi connectivity index (χ4n) is 5.56. The molecule has 1 fully saturated rings. The molecule has 12 heteroatoms. The molecule has 1 aliphatic carbocycles. The zero-order chi connectivity index (χ0) is 30.1. The van der Waals surface area contributed by atoms with Crippen LogP contribution in [0.2, 0.25) is 0 Å². The fraction of sp³-hybridized carbons (Fsp3) is 0.323. The number of piperazine rings is 1. The van der Waals surface area contributed by atoms with Crippen LogP contribution in [-0.2, 0) is 24.7 Å². The first-order valence-corrected chi connectivity index (χ1v) is 15.2. The molecule has 1 saturated heterocycles. The number of carbonyl (C=O) groups excluding carboxylic acids is 2. The monoisotopic (exact) mass is 601 g/mol. The number of nitrogens with zero attached hydrogens (tertiary/aromatic N) is 4. The quantitative estimate of drug-likeness (QED) is 0.287. The first-order chi connectivity index (χ1) is 20.8. The molecule has 4 heterocycles. The number of carbonyl (C=O) groups is 2. The van der Waals surface area contributed by atoms with Gasteiger partial charge in [0.25, 0.3) is 11.5 Å². The number of pyridine rings is 1. The zero-order valence-electron chi connectivity index (χ0n) is 23.9. The molecule has 43 heavy (non-hydrogen) atoms. The van der Waals surface area contributed by atoms with Gasteiger partial charge >= 0.3 is 0 Å². The number of fused-ring (bicyclic) bond motifs is 1. The molecule has 3 aromatic heterocycles. The SMILES string of the molecule is CCN1CCNC(=O)C1c1ccc(Nc2nc(-c3ccc(F)c(NC(=O)c4cc5c(s4)CCCC5)n3)cn(C)c2=O)cc1. The molecule has 3 N–H and O–H groups in total. The number of amides is 2. The minimum Gasteiger partial charge on any atom is -0.353 e. The number of benzene rings is 1. The maximum absolute atomic E-state index is 14.7. The predicted octanol–water partition coefficient (Wildman–Crippen LogP) is 4.41. The molecule has 1 atom stereocenters. The summed E-state index contributed by atoms with van der Waals surface area (Å²) in [6.45, 7) is 4.18. The highest BCUT2D eigenvalue weighted by atomic mass is 32.1. The van der Waals surface area contributed by atoms with E-state index in [1.54, 1.807) is 19.2 Å². The molecule has 4 aromatic rings. The Bertz CT molecular complexity index is 1730. The number of aryl methyl sites for hydroxylation is 3. The van der Waals surface area contributed by atoms with Crippen molar-refractivity contribution >= 4 is 40.5 Å². The minimum absolute atomic E-state index is 0.0334. The highest BCUT2D eigenvalue weighted by molar-refractivity contribution is 7.14. The number of hydrogen-bond acceptors (Lipinski definition) is 8. The summed E-state index contributed by atoms with van der Waals surface area (Å²) in [5.74, 6) is -1.26. The lowest BCUT2D eigenvalue weighted by Gasteiger charge is -2.34. The standard InChI is InChI=1S/C31H32FN7O3S/c1-3-39-15-14-33-30(41)26(39)18-8-10-20(11-9-18)34-28-31(42)38(2)17-23(36-28)22-13-12-21(32)27(35-22)37-29(40)25-16-19-6-4-5-7-24(19)43-25/h8-13,16-17,26H,3-7,14-15H2,1-2H3,(H,33,41)(H,34,36)(H,35,37,40). The number of halogens is 1. The molecule has 0 bridgehead atoms. The molecule has 6 rings (SSSR count). The van der Waals surface area contributed by atoms with E-state index in [-0.39, 0.29) is 29.1 Å². The van der Waals surface area contributed by atoms with Crippen molar-refractivity contribution in [1.29, 1.82) is 0 Å². The van der Waals surface area contributed by atoms with Crippen molar-refractivity contribution in [1.82, 2.24) is 24.8 Å². The van der Waals surface area contributed by atoms with E-state index >= 15 is 0 Å². The van der Waals surface area contributed by atoms with Crippen LogP contribution in [-0.4, -0.2) is 50.9 Å². The van der Waals surface area contributed by atoms with Crippen LogP contribution in [0.3, 0.4) is 0 Å². The number of thiophene rings is 1. The fourth-order valence-corrected chi connectivity index (χ4v) is 6.71. The minimum atomic E-state index is -0.671. The molecule has 0 radical (unpaired) electrons. The van der Waals surface area contributed by atoms with Crippen molar-refractivity contribution < 1.29 is 14.0 Å². The van der Waals surface area contributed by atoms with E-state index < -0.39 is 11.7 Å². The summed E-state index contributed by atoms with van der Waals surface area (Å²) in [7, 11) is 1.59. The Morgan fingerprint density at radius 3 is 2.60 bits per heavy atom. The van der Waals surface area contributed by atoms with Crippen LogP contribution in [0.1, 0.15) is 51.5 Å². The topological polar surface area (TPSA) is 121 Å². The van der Waals surface area contributed by atoms with Gasteiger partial charge < -0.3 is 20.5 Å². The third kappa shape index (κ3) is 5.93. The lowest BCUT2D eigenvalue weighted by molar-refractivity contribution is -0.129. The van der Waals surface area contributed by atoms with Crippen LogP contribution in [0, 0.1) is 5.82 Å². The molecular formula is C31H32FN7O3S. The zero-order valence-corrected chi connectivity index (χ0v) is 24.8. The van der Waals surface area contributed by atoms with Crippen molar-refractivity contribution in [2.24, 2.45) is 7.05 Å². The van der Waals surface area contributed by atoms with Gasteiger partial charge in [-0.2, -0.15) is 0 Å². The number of nitrogens with one attached hydrogen (secondary N) is 3. The average molecular weight is 602 g/mol. The van der Waals surface area contributed by atoms with Crippen molar-refractivity contribution in [2.75, 3.05) is 30.3 Å². The van der Waals surface area contributed by atoms with Crippen LogP contribution in [0.5, 0.6) is 0 Å². The van der Waals surface area contributed by atoms with Gasteiger partial charge in [-0.3, -0.25) is 19.3 Å². The molecule has 10 nitrogen and oxygen atoms in total. The van der Waals surface area contributed by atoms with Crippen molar-refractivity contribution in [2.45, 2.75) is 38.6 Å². The van der Waals surface area contributed by atoms with E-state index in [2.05, 4.69) is 30.8 Å². The molecular weight excluding hydrogens is 569 g/mol. The van der Waals surface area contributed by atoms with Crippen molar-refractivity contribution in [3.05, 3.63) is 85.7 Å². The lowest BCUT2D eigenvalue weighted by atomic mass is 9.99. The van der Waals surface area contributed by atoms with Crippen LogP contribution in [0.15, 0.2) is 53.5 Å². The Morgan fingerprint density at radius 1 is 1.07 bits per heavy atom. The third-order valence-corrected chi connectivity index (χ3v) is 9.07. The van der Waals surface area contributed by atoms with Gasteiger partial charge in [0.05, 0.1) is 10.6 Å². The Kier molecular flexibility index (Phi) is 8.04. The number of aromatic nitrogens is 3. The molecule has 222 valence electrons. The Balaban J connectivity index is 1.23. The summed E-state index contributed by atoms with van der Waals surface area (Å²) in [4.78, 5) is 51.1. The number of likely N-dealkylation sites (N-methyl/N-ethyl adjacent to an activating group) is 1. The van der Waals surface area contributed by atoms with Gasteiger partial charge in [0.1, 0.15) is 11.7 Å². The Labute approximate surface area is 252 Å². The van der Waals surface area contributed by atoms with Gasteiger partial charge in [-0.15, -0.1) is 11.3 Å². The summed E-state index contributed by atoms with van der Waals surface area (Å²) < 4.78 is 16.1. The predicted molar refractivity (Wildman–Crippen MR) is 164 cm³/mol.